The van der Waals surface area contributed by atoms with Gasteiger partial charge in [-0.25, -0.2) is 5.84 Å². The molecule has 0 radical (unpaired) electrons. The number of amides is 1. The number of nitrogens with two attached hydrogens (primary N) is 1. The van der Waals surface area contributed by atoms with Crippen LogP contribution in [0.3, 0.4) is 0 Å². The van der Waals surface area contributed by atoms with Crippen molar-refractivity contribution in [3.8, 4) is 6.07 Å². The Morgan fingerprint density at radius 1 is 1.59 bits per heavy atom. The molecule has 1 amide bonds. The number of hydrogen-bond acceptors (Lipinski definition) is 5. The van der Waals surface area contributed by atoms with E-state index in [1.165, 1.54) is 0 Å². The number of carbonyl (C=O) groups is 1. The number of nitrogens with zero attached hydrogens (tertiary/aromatic N) is 2. The van der Waals surface area contributed by atoms with Crippen molar-refractivity contribution in [3.05, 3.63) is 28.8 Å². The molecular formula is C10H10ClN5O. The second kappa shape index (κ2) is 5.84. The molecule has 0 aromatic heterocycles. The number of nitriles is 1. The average molecular weight is 252 g/mol. The van der Waals surface area contributed by atoms with Crippen molar-refractivity contribution >= 4 is 28.9 Å². The number of carbonyl (C=O) groups excluding carboxylic acids is 1. The van der Waals surface area contributed by atoms with Crippen LogP contribution < -0.4 is 16.7 Å². The first-order valence-corrected chi connectivity index (χ1v) is 4.97. The molecule has 0 aliphatic heterocycles. The third-order valence-electron chi connectivity index (χ3n) is 2.01. The molecule has 88 valence electrons. The van der Waals surface area contributed by atoms with Crippen molar-refractivity contribution in [2.45, 2.75) is 6.92 Å². The summed E-state index contributed by atoms with van der Waals surface area (Å²) in [6, 6.07) is 6.79. The van der Waals surface area contributed by atoms with Gasteiger partial charge in [-0.15, -0.1) is 0 Å². The highest BCUT2D eigenvalue weighted by Gasteiger charge is 2.09. The fourth-order valence-corrected chi connectivity index (χ4v) is 1.21. The van der Waals surface area contributed by atoms with E-state index in [4.69, 9.17) is 22.7 Å². The van der Waals surface area contributed by atoms with Gasteiger partial charge in [0, 0.05) is 5.02 Å². The largest absolute Gasteiger partial charge is 0.296 e. The molecule has 0 spiro atoms. The molecule has 1 aromatic rings. The maximum Gasteiger partial charge on any atom is 0.296 e. The van der Waals surface area contributed by atoms with Crippen molar-refractivity contribution in [2.24, 2.45) is 10.9 Å². The van der Waals surface area contributed by atoms with E-state index in [1.807, 2.05) is 5.43 Å². The van der Waals surface area contributed by atoms with Gasteiger partial charge in [0.05, 0.1) is 5.69 Å². The van der Waals surface area contributed by atoms with Crippen LogP contribution in [0.4, 0.5) is 5.69 Å². The van der Waals surface area contributed by atoms with Gasteiger partial charge in [-0.2, -0.15) is 10.4 Å². The summed E-state index contributed by atoms with van der Waals surface area (Å²) in [6.07, 6.45) is 0. The Balaban J connectivity index is 2.93. The minimum atomic E-state index is -0.764. The van der Waals surface area contributed by atoms with Gasteiger partial charge in [0.2, 0.25) is 5.71 Å². The van der Waals surface area contributed by atoms with Gasteiger partial charge >= 0.3 is 0 Å². The molecule has 4 N–H and O–H groups in total. The SMILES string of the molecule is Cc1c(Cl)cccc1NN=C(C#N)C(=O)NN. The molecule has 17 heavy (non-hydrogen) atoms. The quantitative estimate of drug-likeness (QED) is 0.322. The Morgan fingerprint density at radius 2 is 2.29 bits per heavy atom. The highest BCUT2D eigenvalue weighted by atomic mass is 35.5. The molecule has 7 heteroatoms. The molecule has 0 heterocycles. The van der Waals surface area contributed by atoms with Crippen LogP contribution in [0, 0.1) is 18.3 Å². The number of halogens is 1. The Kier molecular flexibility index (Phi) is 4.46. The summed E-state index contributed by atoms with van der Waals surface area (Å²) < 4.78 is 0. The van der Waals surface area contributed by atoms with E-state index in [9.17, 15) is 4.79 Å². The lowest BCUT2D eigenvalue weighted by atomic mass is 10.2. The predicted octanol–water partition coefficient (Wildman–Crippen LogP) is 0.930. The lowest BCUT2D eigenvalue weighted by Gasteiger charge is -2.06. The first-order chi connectivity index (χ1) is 8.10. The molecule has 0 aliphatic rings. The van der Waals surface area contributed by atoms with E-state index in [0.29, 0.717) is 10.7 Å². The fraction of sp³-hybridized carbons (Fsp3) is 0.100. The Hall–Kier alpha value is -2.10. The van der Waals surface area contributed by atoms with E-state index < -0.39 is 5.91 Å². The zero-order valence-corrected chi connectivity index (χ0v) is 9.75. The van der Waals surface area contributed by atoms with Gasteiger partial charge in [0.15, 0.2) is 0 Å². The van der Waals surface area contributed by atoms with Crippen LogP contribution in [0.15, 0.2) is 23.3 Å². The monoisotopic (exact) mass is 251 g/mol. The third kappa shape index (κ3) is 3.17. The number of nitrogens with one attached hydrogen (secondary N) is 2. The maximum absolute atomic E-state index is 11.1. The lowest BCUT2D eigenvalue weighted by molar-refractivity contribution is -0.114. The van der Waals surface area contributed by atoms with E-state index in [-0.39, 0.29) is 5.71 Å². The number of hydrazone groups is 1. The zero-order valence-electron chi connectivity index (χ0n) is 8.99. The fourth-order valence-electron chi connectivity index (χ4n) is 1.04. The van der Waals surface area contributed by atoms with Gasteiger partial charge in [-0.3, -0.25) is 15.6 Å². The van der Waals surface area contributed by atoms with Crippen LogP contribution in [0.5, 0.6) is 0 Å². The minimum absolute atomic E-state index is 0.369. The summed E-state index contributed by atoms with van der Waals surface area (Å²) in [5.41, 5.74) is 5.41. The first kappa shape index (κ1) is 13.0. The Morgan fingerprint density at radius 3 is 2.88 bits per heavy atom. The Labute approximate surface area is 103 Å². The minimum Gasteiger partial charge on any atom is -0.288 e. The van der Waals surface area contributed by atoms with Gasteiger partial charge in [0.1, 0.15) is 6.07 Å². The summed E-state index contributed by atoms with van der Waals surface area (Å²) in [6.45, 7) is 1.79. The smallest absolute Gasteiger partial charge is 0.288 e. The molecule has 0 saturated heterocycles. The molecule has 0 aliphatic carbocycles. The molecule has 0 atom stereocenters. The van der Waals surface area contributed by atoms with E-state index in [2.05, 4.69) is 10.5 Å². The van der Waals surface area contributed by atoms with E-state index in [0.717, 1.165) is 5.56 Å². The zero-order chi connectivity index (χ0) is 12.8. The third-order valence-corrected chi connectivity index (χ3v) is 2.42. The molecule has 1 rings (SSSR count). The second-order valence-electron chi connectivity index (χ2n) is 3.07. The normalized spacial score (nSPS) is 10.6. The predicted molar refractivity (Wildman–Crippen MR) is 65.2 cm³/mol. The van der Waals surface area contributed by atoms with E-state index in [1.54, 1.807) is 31.2 Å². The van der Waals surface area contributed by atoms with Crippen molar-refractivity contribution < 1.29 is 4.79 Å². The lowest BCUT2D eigenvalue weighted by Crippen LogP contribution is -2.36. The molecule has 0 fully saturated rings. The van der Waals surface area contributed by atoms with Crippen LogP contribution in [-0.2, 0) is 4.79 Å². The van der Waals surface area contributed by atoms with E-state index >= 15 is 0 Å². The first-order valence-electron chi connectivity index (χ1n) is 4.60. The Bertz CT molecular complexity index is 506. The number of hydrazine groups is 1. The summed E-state index contributed by atoms with van der Waals surface area (Å²) in [4.78, 5) is 11.1. The second-order valence-corrected chi connectivity index (χ2v) is 3.48. The van der Waals surface area contributed by atoms with Gasteiger partial charge < -0.3 is 0 Å². The van der Waals surface area contributed by atoms with Crippen LogP contribution in [0.1, 0.15) is 5.56 Å². The number of anilines is 1. The van der Waals surface area contributed by atoms with Crippen molar-refractivity contribution in [2.75, 3.05) is 5.43 Å². The molecule has 6 nitrogen and oxygen atoms in total. The van der Waals surface area contributed by atoms with Gasteiger partial charge in [0.25, 0.3) is 5.91 Å². The van der Waals surface area contributed by atoms with Crippen molar-refractivity contribution in [1.82, 2.24) is 5.43 Å². The molecule has 0 unspecified atom stereocenters. The van der Waals surface area contributed by atoms with Gasteiger partial charge in [-0.1, -0.05) is 17.7 Å². The topological polar surface area (TPSA) is 103 Å². The van der Waals surface area contributed by atoms with Crippen molar-refractivity contribution in [1.29, 1.82) is 5.26 Å². The maximum atomic E-state index is 11.1. The van der Waals surface area contributed by atoms with Crippen LogP contribution >= 0.6 is 11.6 Å². The summed E-state index contributed by atoms with van der Waals surface area (Å²) in [5, 5.41) is 12.9. The van der Waals surface area contributed by atoms with Crippen LogP contribution in [0.25, 0.3) is 0 Å². The highest BCUT2D eigenvalue weighted by Crippen LogP contribution is 2.22. The summed E-state index contributed by atoms with van der Waals surface area (Å²) >= 11 is 5.90. The van der Waals surface area contributed by atoms with Crippen molar-refractivity contribution in [3.63, 3.8) is 0 Å². The number of hydrogen-bond donors (Lipinski definition) is 3. The molecular weight excluding hydrogens is 242 g/mol. The number of benzene rings is 1. The average Bonchev–Trinajstić information content (AvgIpc) is 2.34. The van der Waals surface area contributed by atoms with Gasteiger partial charge in [-0.05, 0) is 24.6 Å². The molecule has 0 saturated carbocycles. The number of rotatable bonds is 3. The molecule has 1 aromatic carbocycles. The van der Waals surface area contributed by atoms with Crippen LogP contribution in [-0.4, -0.2) is 11.6 Å². The highest BCUT2D eigenvalue weighted by molar-refractivity contribution is 6.45. The standard InChI is InChI=1S/C10H10ClN5O/c1-6-7(11)3-2-4-8(6)15-16-9(5-12)10(17)14-13/h2-4,15H,13H2,1H3,(H,14,17). The summed E-state index contributed by atoms with van der Waals surface area (Å²) in [7, 11) is 0. The summed E-state index contributed by atoms with van der Waals surface area (Å²) in [5.74, 6) is 4.13. The van der Waals surface area contributed by atoms with Crippen LogP contribution in [0.2, 0.25) is 5.02 Å². The molecule has 0 bridgehead atoms.